The molecule has 1 aromatic heterocycles. The topological polar surface area (TPSA) is 132 Å². The van der Waals surface area contributed by atoms with E-state index in [2.05, 4.69) is 5.32 Å². The molecule has 0 spiro atoms. The van der Waals surface area contributed by atoms with Gasteiger partial charge in [-0.3, -0.25) is 14.5 Å². The Hall–Kier alpha value is -4.88. The number of nitrogens with zero attached hydrogens (tertiary/aromatic N) is 2. The molecule has 4 heterocycles. The van der Waals surface area contributed by atoms with Crippen LogP contribution < -0.4 is 10.2 Å². The van der Waals surface area contributed by atoms with E-state index in [-0.39, 0.29) is 12.5 Å². The van der Waals surface area contributed by atoms with Gasteiger partial charge < -0.3 is 24.4 Å². The summed E-state index contributed by atoms with van der Waals surface area (Å²) < 4.78 is 16.8. The van der Waals surface area contributed by atoms with E-state index in [0.29, 0.717) is 34.7 Å². The van der Waals surface area contributed by atoms with E-state index in [1.807, 2.05) is 60.7 Å². The minimum atomic E-state index is -1.20. The van der Waals surface area contributed by atoms with E-state index in [0.717, 1.165) is 11.1 Å². The van der Waals surface area contributed by atoms with E-state index < -0.39 is 53.1 Å². The molecule has 50 heavy (non-hydrogen) atoms. The molecular formula is C37H37N3O8S2. The lowest BCUT2D eigenvalue weighted by molar-refractivity contribution is -0.164. The van der Waals surface area contributed by atoms with Crippen LogP contribution in [0.5, 0.6) is 0 Å². The molecule has 0 radical (unpaired) electrons. The molecule has 3 aromatic rings. The van der Waals surface area contributed by atoms with Crippen LogP contribution in [0.1, 0.15) is 61.7 Å². The number of anilines is 1. The summed E-state index contributed by atoms with van der Waals surface area (Å²) in [4.78, 5) is 69.9. The van der Waals surface area contributed by atoms with Crippen molar-refractivity contribution in [2.45, 2.75) is 63.3 Å². The van der Waals surface area contributed by atoms with E-state index in [1.54, 1.807) is 50.6 Å². The summed E-state index contributed by atoms with van der Waals surface area (Å²) in [5, 5.41) is 5.99. The Labute approximate surface area is 298 Å². The molecule has 6 rings (SSSR count). The van der Waals surface area contributed by atoms with Gasteiger partial charge in [0.1, 0.15) is 22.0 Å². The fourth-order valence-corrected chi connectivity index (χ4v) is 8.10. The number of carbonyl (C=O) groups excluding carboxylic acids is 5. The summed E-state index contributed by atoms with van der Waals surface area (Å²) in [6, 6.07) is 18.1. The lowest BCUT2D eigenvalue weighted by Crippen LogP contribution is -2.74. The summed E-state index contributed by atoms with van der Waals surface area (Å²) in [5.74, 6) is -1.99. The summed E-state index contributed by atoms with van der Waals surface area (Å²) in [6.45, 7) is 7.42. The van der Waals surface area contributed by atoms with E-state index in [4.69, 9.17) is 14.2 Å². The van der Waals surface area contributed by atoms with Crippen LogP contribution in [0.25, 0.3) is 0 Å². The second kappa shape index (κ2) is 14.5. The van der Waals surface area contributed by atoms with Gasteiger partial charge in [-0.1, -0.05) is 60.7 Å². The minimum absolute atomic E-state index is 0.205. The molecule has 11 nitrogen and oxygen atoms in total. The molecule has 3 aliphatic heterocycles. The van der Waals surface area contributed by atoms with Crippen molar-refractivity contribution in [1.82, 2.24) is 10.2 Å². The third kappa shape index (κ3) is 7.19. The summed E-state index contributed by atoms with van der Waals surface area (Å²) >= 11 is 2.52. The zero-order valence-corrected chi connectivity index (χ0v) is 29.6. The molecule has 13 heteroatoms. The number of carbonyl (C=O) groups is 5. The fraction of sp³-hybridized carbons (Fsp3) is 0.324. The van der Waals surface area contributed by atoms with Crippen LogP contribution in [0.3, 0.4) is 0 Å². The molecule has 0 aliphatic carbocycles. The number of ether oxygens (including phenoxy) is 3. The lowest BCUT2D eigenvalue weighted by Gasteiger charge is -2.51. The first kappa shape index (κ1) is 35.0. The first-order valence-electron chi connectivity index (χ1n) is 16.2. The van der Waals surface area contributed by atoms with Crippen molar-refractivity contribution in [3.05, 3.63) is 111 Å². The van der Waals surface area contributed by atoms with Gasteiger partial charge in [-0.2, -0.15) is 0 Å². The average molecular weight is 716 g/mol. The molecule has 2 aromatic carbocycles. The third-order valence-electron chi connectivity index (χ3n) is 8.20. The smallest absolute Gasteiger partial charge is 0.408 e. The van der Waals surface area contributed by atoms with Crippen molar-refractivity contribution < 1.29 is 38.2 Å². The summed E-state index contributed by atoms with van der Waals surface area (Å²) in [5.41, 5.74) is 1.84. The van der Waals surface area contributed by atoms with E-state index in [1.165, 1.54) is 32.9 Å². The summed E-state index contributed by atoms with van der Waals surface area (Å²) in [6.07, 6.45) is 0.465. The first-order valence-corrected chi connectivity index (χ1v) is 18.0. The molecule has 3 aliphatic rings. The first-order chi connectivity index (χ1) is 24.0. The number of hydrogen-bond acceptors (Lipinski definition) is 10. The maximum atomic E-state index is 14.4. The van der Waals surface area contributed by atoms with Gasteiger partial charge in [-0.25, -0.2) is 14.4 Å². The maximum Gasteiger partial charge on any atom is 0.408 e. The Morgan fingerprint density at radius 1 is 1.00 bits per heavy atom. The van der Waals surface area contributed by atoms with E-state index >= 15 is 0 Å². The van der Waals surface area contributed by atoms with Crippen molar-refractivity contribution >= 4 is 57.9 Å². The standard InChI is InChI=1S/C37H37N3O8S2/c1-5-46-34(43)26-17-19-49-32(26)39-18-16-24(30(39)41)20-25-21-50-33-27(38-36(45)48-37(2,3)4)31(42)40(33)28(25)35(44)47-29(22-12-8-6-9-13-22)23-14-10-7-11-15-23/h6-15,17,19-21,27-29,33H,5,16,18H2,1-4H3,(H,38,45)/b24-20+/t27-,28-,33-/m1/s1. The minimum Gasteiger partial charge on any atom is -0.462 e. The van der Waals surface area contributed by atoms with Crippen LogP contribution >= 0.6 is 23.1 Å². The van der Waals surface area contributed by atoms with Crippen LogP contribution in [0, 0.1) is 0 Å². The Bertz CT molecular complexity index is 1810. The number of rotatable bonds is 9. The lowest BCUT2D eigenvalue weighted by atomic mass is 9.95. The molecule has 0 saturated carbocycles. The highest BCUT2D eigenvalue weighted by Gasteiger charge is 2.56. The van der Waals surface area contributed by atoms with Crippen molar-refractivity contribution in [1.29, 1.82) is 0 Å². The predicted octanol–water partition coefficient (Wildman–Crippen LogP) is 5.98. The molecule has 2 saturated heterocycles. The SMILES string of the molecule is CCOC(=O)c1ccsc1N1CC/C(=C\C2=CS[C@@H]3[C@H](NC(=O)OC(C)(C)C)C(=O)N3[C@H]2C(=O)OC(c2ccccc2)c2ccccc2)C1=O. The van der Waals surface area contributed by atoms with Gasteiger partial charge in [0.25, 0.3) is 5.91 Å². The van der Waals surface area contributed by atoms with Crippen LogP contribution in [-0.4, -0.2) is 71.0 Å². The highest BCUT2D eigenvalue weighted by Crippen LogP contribution is 2.43. The molecule has 3 amide bonds. The Kier molecular flexibility index (Phi) is 10.2. The van der Waals surface area contributed by atoms with Gasteiger partial charge in [0.2, 0.25) is 5.91 Å². The number of esters is 2. The fourth-order valence-electron chi connectivity index (χ4n) is 5.99. The van der Waals surface area contributed by atoms with Crippen LogP contribution in [0.2, 0.25) is 0 Å². The molecule has 0 unspecified atom stereocenters. The van der Waals surface area contributed by atoms with Gasteiger partial charge in [-0.15, -0.1) is 23.1 Å². The van der Waals surface area contributed by atoms with Crippen molar-refractivity contribution in [2.75, 3.05) is 18.1 Å². The number of β-lactam (4-membered cyclic amide) rings is 1. The van der Waals surface area contributed by atoms with Crippen LogP contribution in [0.4, 0.5) is 9.80 Å². The summed E-state index contributed by atoms with van der Waals surface area (Å²) in [7, 11) is 0. The number of amides is 3. The number of thiophene rings is 1. The number of thioether (sulfide) groups is 1. The molecule has 0 bridgehead atoms. The largest absolute Gasteiger partial charge is 0.462 e. The molecule has 3 atom stereocenters. The number of nitrogens with one attached hydrogen (secondary N) is 1. The molecule has 2 fully saturated rings. The second-order valence-corrected chi connectivity index (χ2v) is 14.7. The predicted molar refractivity (Wildman–Crippen MR) is 189 cm³/mol. The van der Waals surface area contributed by atoms with Gasteiger partial charge in [0.05, 0.1) is 12.2 Å². The Morgan fingerprint density at radius 3 is 2.28 bits per heavy atom. The highest BCUT2D eigenvalue weighted by molar-refractivity contribution is 8.03. The van der Waals surface area contributed by atoms with Gasteiger partial charge >= 0.3 is 18.0 Å². The zero-order chi connectivity index (χ0) is 35.6. The maximum absolute atomic E-state index is 14.4. The highest BCUT2D eigenvalue weighted by atomic mass is 32.2. The van der Waals surface area contributed by atoms with Crippen LogP contribution in [-0.2, 0) is 28.6 Å². The zero-order valence-electron chi connectivity index (χ0n) is 28.0. The monoisotopic (exact) mass is 715 g/mol. The van der Waals surface area contributed by atoms with E-state index in [9.17, 15) is 24.0 Å². The average Bonchev–Trinajstić information content (AvgIpc) is 3.72. The number of benzene rings is 2. The Balaban J connectivity index is 1.31. The normalized spacial score (nSPS) is 21.0. The third-order valence-corrected chi connectivity index (χ3v) is 10.3. The van der Waals surface area contributed by atoms with Gasteiger partial charge in [0.15, 0.2) is 12.1 Å². The van der Waals surface area contributed by atoms with Gasteiger partial charge in [0, 0.05) is 12.1 Å². The number of hydrogen-bond donors (Lipinski definition) is 1. The van der Waals surface area contributed by atoms with Gasteiger partial charge in [-0.05, 0) is 73.7 Å². The van der Waals surface area contributed by atoms with Crippen molar-refractivity contribution in [2.24, 2.45) is 0 Å². The molecule has 260 valence electrons. The number of fused-ring (bicyclic) bond motifs is 1. The second-order valence-electron chi connectivity index (χ2n) is 12.8. The molecular weight excluding hydrogens is 679 g/mol. The van der Waals surface area contributed by atoms with Crippen molar-refractivity contribution in [3.63, 3.8) is 0 Å². The Morgan fingerprint density at radius 2 is 1.66 bits per heavy atom. The van der Waals surface area contributed by atoms with Crippen LogP contribution in [0.15, 0.2) is 94.7 Å². The quantitative estimate of drug-likeness (QED) is 0.123. The van der Waals surface area contributed by atoms with Crippen molar-refractivity contribution in [3.8, 4) is 0 Å². The number of alkyl carbamates (subject to hydrolysis) is 1. The molecule has 1 N–H and O–H groups in total.